The van der Waals surface area contributed by atoms with Crippen molar-refractivity contribution in [2.24, 2.45) is 73.8 Å². The summed E-state index contributed by atoms with van der Waals surface area (Å²) in [5.74, 6) is -11.4. The van der Waals surface area contributed by atoms with Crippen LogP contribution in [0.3, 0.4) is 0 Å². The van der Waals surface area contributed by atoms with Gasteiger partial charge in [-0.15, -0.1) is 0 Å². The Labute approximate surface area is 647 Å². The summed E-state index contributed by atoms with van der Waals surface area (Å²) < 4.78 is 0. The molecule has 0 spiro atoms. The van der Waals surface area contributed by atoms with Crippen LogP contribution in [0.5, 0.6) is 5.75 Å². The van der Waals surface area contributed by atoms with Gasteiger partial charge in [0, 0.05) is 60.1 Å². The second-order valence-corrected chi connectivity index (χ2v) is 29.6. The number of benzene rings is 3. The van der Waals surface area contributed by atoms with Crippen LogP contribution in [0.4, 0.5) is 0 Å². The molecule has 0 unspecified atom stereocenters. The summed E-state index contributed by atoms with van der Waals surface area (Å²) in [4.78, 5) is 173. The molecule has 610 valence electrons. The van der Waals surface area contributed by atoms with Crippen LogP contribution in [0.1, 0.15) is 149 Å². The number of rotatable bonds is 49. The van der Waals surface area contributed by atoms with Crippen molar-refractivity contribution in [2.45, 2.75) is 218 Å². The summed E-state index contributed by atoms with van der Waals surface area (Å²) in [7, 11) is 0. The Morgan fingerprint density at radius 3 is 1.15 bits per heavy atom. The highest BCUT2D eigenvalue weighted by Gasteiger charge is 2.38. The number of H-pyrrole nitrogens is 2. The molecule has 5 aromatic rings. The highest BCUT2D eigenvalue weighted by Crippen LogP contribution is 2.23. The lowest BCUT2D eigenvalue weighted by atomic mass is 9.97. The van der Waals surface area contributed by atoms with Gasteiger partial charge in [-0.1, -0.05) is 104 Å². The number of carboxylic acids is 1. The standard InChI is InChI=1S/C77H119N21O13/c1-42(2)35-59(69(104)91-57(25-17-33-85-76(81)82)67(102)89-55(23-13-15-31-78)66(101)90-56(24-14-16-32-79)68(103)92-58(75(110)111)26-18-34-86-77(83)84)94-70(105)62(39-48-41-88-54-22-12-10-20-51(48)54)96-74(109)64(45(7)8)98-72(107)61(37-46-27-29-49(99)30-28-46)95-73(108)63(44(5)6)97-71(106)60(36-43(3)4)93-65(100)52(80)38-47-40-87-53-21-11-9-19-50(47)53/h9-12,19-22,27-30,40-45,52,55-64,87-88,99H,13-18,23-26,31-39,78-80H2,1-8H3,(H,89,102)(H,90,101)(H,91,104)(H,92,103)(H,93,100)(H,94,105)(H,95,108)(H,96,109)(H,97,106)(H,98,107)(H,110,111)(H4,81,82,85)(H4,83,84,86)/t52-,55-,56-,57-,58-,59-,60-,61-,62-,63-,64-/m0/s1. The molecule has 0 aliphatic rings. The number of hydrogen-bond acceptors (Lipinski definition) is 17. The van der Waals surface area contributed by atoms with Crippen molar-refractivity contribution in [2.75, 3.05) is 26.2 Å². The van der Waals surface area contributed by atoms with Crippen LogP contribution in [0.25, 0.3) is 21.8 Å². The Bertz CT molecular complexity index is 3940. The van der Waals surface area contributed by atoms with E-state index in [2.05, 4.69) is 73.1 Å². The van der Waals surface area contributed by atoms with E-state index in [-0.39, 0.29) is 126 Å². The van der Waals surface area contributed by atoms with Crippen molar-refractivity contribution in [1.82, 2.24) is 63.1 Å². The van der Waals surface area contributed by atoms with Crippen molar-refractivity contribution in [1.29, 1.82) is 0 Å². The molecule has 2 aromatic heterocycles. The molecule has 3 aromatic carbocycles. The monoisotopic (exact) mass is 1550 g/mol. The molecule has 34 heteroatoms. The Balaban J connectivity index is 1.43. The van der Waals surface area contributed by atoms with Crippen molar-refractivity contribution in [3.05, 3.63) is 102 Å². The number of carbonyl (C=O) groups is 11. The molecule has 34 nitrogen and oxygen atoms in total. The van der Waals surface area contributed by atoms with E-state index in [9.17, 15) is 53.4 Å². The smallest absolute Gasteiger partial charge is 0.326 e. The van der Waals surface area contributed by atoms with Gasteiger partial charge in [0.05, 0.1) is 6.04 Å². The van der Waals surface area contributed by atoms with E-state index in [0.717, 1.165) is 16.5 Å². The molecule has 0 radical (unpaired) electrons. The number of amides is 10. The third-order valence-corrected chi connectivity index (χ3v) is 18.7. The maximum atomic E-state index is 15.2. The van der Waals surface area contributed by atoms with Gasteiger partial charge in [-0.05, 0) is 161 Å². The van der Waals surface area contributed by atoms with Gasteiger partial charge in [0.15, 0.2) is 11.9 Å². The van der Waals surface area contributed by atoms with Crippen LogP contribution in [0.2, 0.25) is 0 Å². The fourth-order valence-corrected chi connectivity index (χ4v) is 12.6. The van der Waals surface area contributed by atoms with Gasteiger partial charge in [0.25, 0.3) is 0 Å². The molecule has 11 atom stereocenters. The minimum atomic E-state index is -1.47. The molecule has 28 N–H and O–H groups in total. The average Bonchev–Trinajstić information content (AvgIpc) is 1.75. The predicted molar refractivity (Wildman–Crippen MR) is 425 cm³/mol. The SMILES string of the molecule is CC(C)C[C@H](NC(=O)[C@H](Cc1c[nH]c2ccccc12)NC(=O)[C@@H](NC(=O)[C@H](Cc1ccc(O)cc1)NC(=O)[C@@H](NC(=O)[C@H](CC(C)C)NC(=O)[C@@H](N)Cc1c[nH]c2ccccc12)C(C)C)C(C)C)C(=O)N[C@@H](CCCN=C(N)N)C(=O)N[C@@H](CCCCN)C(=O)N[C@@H](CCCCN)C(=O)N[C@@H](CCCN=C(N)N)C(=O)O. The molecule has 0 aliphatic carbocycles. The largest absolute Gasteiger partial charge is 0.508 e. The number of nitrogens with one attached hydrogen (secondary N) is 12. The van der Waals surface area contributed by atoms with E-state index in [4.69, 9.17) is 40.1 Å². The Morgan fingerprint density at radius 1 is 0.396 bits per heavy atom. The van der Waals surface area contributed by atoms with Gasteiger partial charge in [0.2, 0.25) is 59.1 Å². The van der Waals surface area contributed by atoms with Gasteiger partial charge >= 0.3 is 5.97 Å². The molecule has 0 bridgehead atoms. The van der Waals surface area contributed by atoms with Crippen LogP contribution >= 0.6 is 0 Å². The zero-order valence-electron chi connectivity index (χ0n) is 65.0. The molecule has 2 heterocycles. The highest BCUT2D eigenvalue weighted by atomic mass is 16.4. The first-order valence-electron chi connectivity index (χ1n) is 38.1. The van der Waals surface area contributed by atoms with E-state index in [1.165, 1.54) is 12.1 Å². The highest BCUT2D eigenvalue weighted by molar-refractivity contribution is 6.00. The molecular formula is C77H119N21O13. The summed E-state index contributed by atoms with van der Waals surface area (Å²) in [5.41, 5.74) is 43.7. The van der Waals surface area contributed by atoms with Gasteiger partial charge in [-0.3, -0.25) is 57.9 Å². The van der Waals surface area contributed by atoms with Crippen molar-refractivity contribution in [3.8, 4) is 5.75 Å². The maximum Gasteiger partial charge on any atom is 0.326 e. The number of aromatic hydroxyl groups is 1. The number of aliphatic imine (C=N–C) groups is 2. The Morgan fingerprint density at radius 2 is 0.739 bits per heavy atom. The summed E-state index contributed by atoms with van der Waals surface area (Å²) in [5, 5.41) is 49.5. The number of fused-ring (bicyclic) bond motifs is 2. The van der Waals surface area contributed by atoms with Gasteiger partial charge in [-0.25, -0.2) is 4.79 Å². The number of unbranched alkanes of at least 4 members (excludes halogenated alkanes) is 2. The quantitative estimate of drug-likeness (QED) is 0.0142. The van der Waals surface area contributed by atoms with E-state index >= 15 is 9.59 Å². The number of phenols is 1. The lowest BCUT2D eigenvalue weighted by Crippen LogP contribution is -2.62. The zero-order valence-corrected chi connectivity index (χ0v) is 65.0. The number of aliphatic carboxylic acids is 1. The van der Waals surface area contributed by atoms with Gasteiger partial charge in [0.1, 0.15) is 66.2 Å². The topological polar surface area (TPSA) is 587 Å². The maximum absolute atomic E-state index is 15.2. The molecule has 0 saturated carbocycles. The molecule has 111 heavy (non-hydrogen) atoms. The van der Waals surface area contributed by atoms with Gasteiger partial charge < -0.3 is 113 Å². The van der Waals surface area contributed by atoms with E-state index < -0.39 is 143 Å². The number of aromatic nitrogens is 2. The summed E-state index contributed by atoms with van der Waals surface area (Å²) >= 11 is 0. The molecular weight excluding hydrogens is 1430 g/mol. The third-order valence-electron chi connectivity index (χ3n) is 18.7. The van der Waals surface area contributed by atoms with E-state index in [1.807, 2.05) is 56.3 Å². The number of para-hydroxylation sites is 2. The number of carboxylic acid groups (broad SMARTS) is 1. The average molecular weight is 1550 g/mol. The number of guanidine groups is 2. The molecule has 0 aliphatic heterocycles. The molecule has 5 rings (SSSR count). The fourth-order valence-electron chi connectivity index (χ4n) is 12.6. The summed E-state index contributed by atoms with van der Waals surface area (Å²) in [6, 6.07) is 6.09. The van der Waals surface area contributed by atoms with E-state index in [0.29, 0.717) is 47.7 Å². The van der Waals surface area contributed by atoms with Crippen LogP contribution in [0, 0.1) is 23.7 Å². The number of nitrogens with two attached hydrogens (primary N) is 7. The molecule has 0 fully saturated rings. The number of hydrogen-bond donors (Lipinski definition) is 21. The van der Waals surface area contributed by atoms with Crippen LogP contribution in [0.15, 0.2) is 95.2 Å². The number of aromatic amines is 2. The lowest BCUT2D eigenvalue weighted by molar-refractivity contribution is -0.142. The lowest BCUT2D eigenvalue weighted by Gasteiger charge is -2.30. The number of carbonyl (C=O) groups excluding carboxylic acids is 10. The first kappa shape index (κ1) is 90.7. The second kappa shape index (κ2) is 46.0. The first-order valence-corrected chi connectivity index (χ1v) is 38.1. The number of phenolic OH excluding ortho intramolecular Hbond substituents is 1. The summed E-state index contributed by atoms with van der Waals surface area (Å²) in [6.45, 7) is 14.6. The van der Waals surface area contributed by atoms with Crippen molar-refractivity contribution >= 4 is 98.8 Å². The zero-order chi connectivity index (χ0) is 82.0. The third kappa shape index (κ3) is 30.5. The van der Waals surface area contributed by atoms with E-state index in [1.54, 1.807) is 72.1 Å². The Kier molecular flexibility index (Phi) is 37.6. The Hall–Kier alpha value is -10.9. The molecule has 0 saturated heterocycles. The van der Waals surface area contributed by atoms with Crippen molar-refractivity contribution < 1.29 is 63.0 Å². The predicted octanol–water partition coefficient (Wildman–Crippen LogP) is 0.412. The minimum Gasteiger partial charge on any atom is -0.508 e. The minimum absolute atomic E-state index is 0.00579. The van der Waals surface area contributed by atoms with Crippen LogP contribution in [-0.4, -0.2) is 190 Å². The van der Waals surface area contributed by atoms with Crippen LogP contribution < -0.4 is 93.3 Å². The van der Waals surface area contributed by atoms with Crippen LogP contribution in [-0.2, 0) is 72.0 Å². The second-order valence-electron chi connectivity index (χ2n) is 29.6. The van der Waals surface area contributed by atoms with Gasteiger partial charge in [-0.2, -0.15) is 0 Å². The summed E-state index contributed by atoms with van der Waals surface area (Å²) in [6.07, 6.45) is 5.15. The number of nitrogens with zero attached hydrogens (tertiary/aromatic N) is 2. The van der Waals surface area contributed by atoms with Crippen molar-refractivity contribution in [3.63, 3.8) is 0 Å². The normalized spacial score (nSPS) is 14.4. The molecule has 10 amide bonds. The first-order chi connectivity index (χ1) is 52.7. The fraction of sp³-hybridized carbons (Fsp3) is 0.545.